The van der Waals surface area contributed by atoms with E-state index in [1.54, 1.807) is 65.8 Å². The normalized spacial score (nSPS) is 11.8. The Bertz CT molecular complexity index is 2050. The van der Waals surface area contributed by atoms with E-state index in [0.29, 0.717) is 53.4 Å². The van der Waals surface area contributed by atoms with E-state index in [4.69, 9.17) is 71.1 Å². The molecule has 0 fully saturated rings. The third kappa shape index (κ3) is 37.5. The molecule has 3 unspecified atom stereocenters. The van der Waals surface area contributed by atoms with Gasteiger partial charge in [0.1, 0.15) is 46.5 Å². The highest BCUT2D eigenvalue weighted by Gasteiger charge is 2.29. The standard InChI is InChI=1S/C14H19NO6S.C9H11NO4S.C8H15NO4S.C7H8O2.C2HF3O2.CH2Cl2/c1-14(2,3)21-13(19)15-11(12(17)18)8-22-7-10-5-4-9(6-16)20-10;10-8(9(12)13)5-15-4-7-2-1-6(3-11)14-7;1-8(2,3)13-7(12)9-5(4-14)6(10)11;1-2-6-3-4-7(5-8)9-6;3-2(4,5)1(6)7;2-1-3/h4-6,11H,7-8H2,1-3H3,(H,15,19)(H,17,18);1-3,8H,4-5,10H2,(H,12,13);5,14H,4H2,1-3H3,(H,9,12)(H,10,11);3-5H,2H2,1H3;(H,6,7);1H2. The molecule has 0 saturated heterocycles. The second-order valence-electron chi connectivity index (χ2n) is 14.8. The number of ether oxygens (including phenoxy) is 2. The van der Waals surface area contributed by atoms with Crippen molar-refractivity contribution in [2.75, 3.05) is 22.6 Å². The van der Waals surface area contributed by atoms with Crippen LogP contribution in [-0.2, 0) is 46.6 Å². The van der Waals surface area contributed by atoms with Crippen molar-refractivity contribution in [2.24, 2.45) is 0 Å². The zero-order valence-electron chi connectivity index (χ0n) is 38.7. The molecule has 8 N–H and O–H groups in total. The molecule has 0 aliphatic rings. The first kappa shape index (κ1) is 68.9. The zero-order valence-corrected chi connectivity index (χ0v) is 42.7. The van der Waals surface area contributed by atoms with Gasteiger partial charge in [-0.1, -0.05) is 6.92 Å². The van der Waals surface area contributed by atoms with Gasteiger partial charge in [0.05, 0.1) is 22.6 Å². The maximum atomic E-state index is 11.6. The summed E-state index contributed by atoms with van der Waals surface area (Å²) < 4.78 is 56.7. The van der Waals surface area contributed by atoms with Gasteiger partial charge in [-0.05, 0) is 77.9 Å². The topological polar surface area (TPSA) is 347 Å². The van der Waals surface area contributed by atoms with Crippen LogP contribution in [0.15, 0.2) is 49.6 Å². The Kier molecular flexibility index (Phi) is 36.0. The molecule has 70 heavy (non-hydrogen) atoms. The van der Waals surface area contributed by atoms with Crippen LogP contribution >= 0.6 is 59.4 Å². The second kappa shape index (κ2) is 36.6. The number of hydrogen-bond donors (Lipinski definition) is 7. The number of nitrogens with one attached hydrogen (secondary N) is 2. The number of carboxylic acids is 4. The first-order valence-electron chi connectivity index (χ1n) is 19.6. The lowest BCUT2D eigenvalue weighted by Gasteiger charge is -2.21. The number of alkyl halides is 5. The van der Waals surface area contributed by atoms with Gasteiger partial charge in [0, 0.05) is 17.9 Å². The number of aliphatic carboxylic acids is 4. The summed E-state index contributed by atoms with van der Waals surface area (Å²) in [6.45, 7) is 12.2. The molecular weight excluding hydrogens is 1050 g/mol. The fourth-order valence-corrected chi connectivity index (χ4v) is 5.71. The van der Waals surface area contributed by atoms with Crippen molar-refractivity contribution in [3.63, 3.8) is 0 Å². The molecule has 0 bridgehead atoms. The Hall–Kier alpha value is -5.35. The number of carboxylic acid groups (broad SMARTS) is 4. The number of thioether (sulfide) groups is 2. The number of aldehydes is 3. The minimum absolute atomic E-state index is 0.0224. The van der Waals surface area contributed by atoms with Gasteiger partial charge in [-0.25, -0.2) is 24.0 Å². The maximum Gasteiger partial charge on any atom is 0.430 e. The van der Waals surface area contributed by atoms with Crippen LogP contribution in [0.3, 0.4) is 0 Å². The van der Waals surface area contributed by atoms with E-state index in [1.165, 1.54) is 29.6 Å². The quantitative estimate of drug-likeness (QED) is 0.0463. The van der Waals surface area contributed by atoms with E-state index in [9.17, 15) is 51.5 Å². The van der Waals surface area contributed by atoms with Gasteiger partial charge >= 0.3 is 36.3 Å². The molecule has 3 atom stereocenters. The molecular formula is C41H56Cl2F3N3O18S3. The molecule has 2 amide bonds. The van der Waals surface area contributed by atoms with E-state index in [-0.39, 0.29) is 28.4 Å². The lowest BCUT2D eigenvalue weighted by atomic mass is 10.2. The van der Waals surface area contributed by atoms with E-state index < -0.39 is 71.6 Å². The van der Waals surface area contributed by atoms with Crippen LogP contribution in [-0.4, -0.2) is 128 Å². The third-order valence-electron chi connectivity index (χ3n) is 6.58. The SMILES string of the molecule is CC(C)(C)OC(=O)NC(CS)C(=O)O.CC(C)(C)OC(=O)NC(CSCc1ccc(C=O)o1)C(=O)O.CCc1ccc(C=O)o1.ClCCl.O=C([O-])C(F)(F)F.[NH3+]C(CSCc1ccc(C=O)o1)C(=O)O. The molecule has 0 spiro atoms. The molecule has 21 nitrogen and oxygen atoms in total. The summed E-state index contributed by atoms with van der Waals surface area (Å²) in [7, 11) is 0. The van der Waals surface area contributed by atoms with Gasteiger partial charge in [0.15, 0.2) is 42.2 Å². The predicted molar refractivity (Wildman–Crippen MR) is 251 cm³/mol. The number of furan rings is 3. The Morgan fingerprint density at radius 1 is 0.700 bits per heavy atom. The highest BCUT2D eigenvalue weighted by Crippen LogP contribution is 2.17. The lowest BCUT2D eigenvalue weighted by Crippen LogP contribution is -2.66. The van der Waals surface area contributed by atoms with Crippen molar-refractivity contribution in [3.05, 3.63) is 71.0 Å². The molecule has 0 aliphatic carbocycles. The number of quaternary nitrogens is 1. The van der Waals surface area contributed by atoms with E-state index >= 15 is 0 Å². The molecule has 0 radical (unpaired) electrons. The number of carbonyl (C=O) groups is 9. The van der Waals surface area contributed by atoms with Crippen molar-refractivity contribution in [2.45, 2.75) is 102 Å². The summed E-state index contributed by atoms with van der Waals surface area (Å²) >= 11 is 16.0. The van der Waals surface area contributed by atoms with Crippen molar-refractivity contribution in [1.82, 2.24) is 10.6 Å². The van der Waals surface area contributed by atoms with Crippen molar-refractivity contribution in [1.29, 1.82) is 0 Å². The molecule has 3 rings (SSSR count). The Morgan fingerprint density at radius 3 is 1.29 bits per heavy atom. The third-order valence-corrected chi connectivity index (χ3v) is 9.13. The number of alkyl carbamates (subject to hydrolysis) is 2. The van der Waals surface area contributed by atoms with Crippen LogP contribution < -0.4 is 21.5 Å². The predicted octanol–water partition coefficient (Wildman–Crippen LogP) is 5.59. The summed E-state index contributed by atoms with van der Waals surface area (Å²) in [5.74, 6) is -1.65. The molecule has 3 aromatic heterocycles. The van der Waals surface area contributed by atoms with Crippen LogP contribution in [0, 0.1) is 0 Å². The largest absolute Gasteiger partial charge is 0.542 e. The van der Waals surface area contributed by atoms with Gasteiger partial charge in [-0.15, -0.1) is 35.0 Å². The first-order valence-corrected chi connectivity index (χ1v) is 23.6. The first-order chi connectivity index (χ1) is 32.3. The molecule has 0 saturated carbocycles. The Morgan fingerprint density at radius 2 is 1.03 bits per heavy atom. The highest BCUT2D eigenvalue weighted by atomic mass is 35.5. The molecule has 0 aliphatic heterocycles. The van der Waals surface area contributed by atoms with Crippen LogP contribution in [0.2, 0.25) is 0 Å². The molecule has 3 aromatic rings. The van der Waals surface area contributed by atoms with Gasteiger partial charge in [0.2, 0.25) is 0 Å². The minimum Gasteiger partial charge on any atom is -0.542 e. The number of aryl methyl sites for hydroxylation is 1. The fourth-order valence-electron chi connectivity index (χ4n) is 3.63. The monoisotopic (exact) mass is 1100 g/mol. The average molecular weight is 1100 g/mol. The zero-order chi connectivity index (χ0) is 54.8. The van der Waals surface area contributed by atoms with Gasteiger partial charge < -0.3 is 64.3 Å². The number of hydrogen-bond acceptors (Lipinski definition) is 18. The molecule has 396 valence electrons. The average Bonchev–Trinajstić information content (AvgIpc) is 4.03. The van der Waals surface area contributed by atoms with E-state index in [2.05, 4.69) is 29.0 Å². The van der Waals surface area contributed by atoms with E-state index in [0.717, 1.165) is 12.2 Å². The summed E-state index contributed by atoms with van der Waals surface area (Å²) in [4.78, 5) is 94.4. The smallest absolute Gasteiger partial charge is 0.430 e. The number of halogens is 5. The van der Waals surface area contributed by atoms with Crippen molar-refractivity contribution < 1.29 is 105 Å². The van der Waals surface area contributed by atoms with Crippen LogP contribution in [0.25, 0.3) is 0 Å². The molecule has 29 heteroatoms. The minimum atomic E-state index is -5.19. The highest BCUT2D eigenvalue weighted by molar-refractivity contribution is 7.98. The number of amides is 2. The molecule has 0 aromatic carbocycles. The Labute approximate surface area is 423 Å². The fraction of sp³-hybridized carbons (Fsp3) is 0.488. The van der Waals surface area contributed by atoms with Gasteiger partial charge in [-0.2, -0.15) is 37.6 Å². The number of thiol groups is 1. The van der Waals surface area contributed by atoms with Crippen LogP contribution in [0.4, 0.5) is 22.8 Å². The van der Waals surface area contributed by atoms with E-state index in [1.807, 2.05) is 13.0 Å². The summed E-state index contributed by atoms with van der Waals surface area (Å²) in [5, 5.41) is 39.8. The lowest BCUT2D eigenvalue weighted by molar-refractivity contribution is -0.400. The second-order valence-corrected chi connectivity index (χ2v) is 18.1. The van der Waals surface area contributed by atoms with Crippen molar-refractivity contribution in [3.8, 4) is 0 Å². The Balaban J connectivity index is -0.000000828. The van der Waals surface area contributed by atoms with Crippen molar-refractivity contribution >= 4 is 114 Å². The maximum absolute atomic E-state index is 11.6. The summed E-state index contributed by atoms with van der Waals surface area (Å²) in [6, 6.07) is 7.25. The van der Waals surface area contributed by atoms with Gasteiger partial charge in [-0.3, -0.25) is 14.4 Å². The van der Waals surface area contributed by atoms with Gasteiger partial charge in [0.25, 0.3) is 0 Å². The molecule has 3 heterocycles. The summed E-state index contributed by atoms with van der Waals surface area (Å²) in [6.07, 6.45) is -3.94. The number of carbonyl (C=O) groups excluding carboxylic acids is 6. The summed E-state index contributed by atoms with van der Waals surface area (Å²) in [5.41, 5.74) is 2.15. The number of rotatable bonds is 18. The van der Waals surface area contributed by atoms with Crippen LogP contribution in [0.5, 0.6) is 0 Å². The van der Waals surface area contributed by atoms with Crippen LogP contribution in [0.1, 0.15) is 97.4 Å².